The van der Waals surface area contributed by atoms with E-state index >= 15 is 0 Å². The molecular weight excluding hydrogens is 320 g/mol. The Balaban J connectivity index is 1.49. The number of morpholine rings is 2. The molecule has 138 valence electrons. The average molecular weight is 348 g/mol. The summed E-state index contributed by atoms with van der Waals surface area (Å²) < 4.78 is 17.0. The second-order valence-corrected chi connectivity index (χ2v) is 7.00. The normalized spacial score (nSPS) is 26.8. The van der Waals surface area contributed by atoms with Crippen molar-refractivity contribution in [1.29, 1.82) is 0 Å². The van der Waals surface area contributed by atoms with Gasteiger partial charge in [-0.1, -0.05) is 0 Å². The third-order valence-corrected chi connectivity index (χ3v) is 5.31. The highest BCUT2D eigenvalue weighted by molar-refractivity contribution is 5.41. The summed E-state index contributed by atoms with van der Waals surface area (Å²) in [5.74, 6) is 1.81. The van der Waals surface area contributed by atoms with E-state index in [4.69, 9.17) is 14.2 Å². The fourth-order valence-corrected chi connectivity index (χ4v) is 3.92. The molecule has 1 aromatic rings. The molecule has 0 bridgehead atoms. The molecule has 3 aliphatic rings. The second kappa shape index (κ2) is 7.95. The van der Waals surface area contributed by atoms with Crippen LogP contribution in [0.25, 0.3) is 0 Å². The Morgan fingerprint density at radius 3 is 2.52 bits per heavy atom. The second-order valence-electron chi connectivity index (χ2n) is 7.00. The van der Waals surface area contributed by atoms with Crippen molar-refractivity contribution in [3.05, 3.63) is 17.6 Å². The topological polar surface area (TPSA) is 60.0 Å². The lowest BCUT2D eigenvalue weighted by Crippen LogP contribution is -2.47. The van der Waals surface area contributed by atoms with E-state index in [0.29, 0.717) is 6.04 Å². The van der Waals surface area contributed by atoms with Gasteiger partial charge in [-0.05, 0) is 19.8 Å². The molecule has 1 atom stereocenters. The van der Waals surface area contributed by atoms with E-state index in [1.807, 2.05) is 6.92 Å². The van der Waals surface area contributed by atoms with Crippen LogP contribution in [0.2, 0.25) is 0 Å². The van der Waals surface area contributed by atoms with Crippen molar-refractivity contribution < 1.29 is 14.2 Å². The number of aromatic nitrogens is 2. The highest BCUT2D eigenvalue weighted by Crippen LogP contribution is 2.27. The van der Waals surface area contributed by atoms with Crippen LogP contribution >= 0.6 is 0 Å². The summed E-state index contributed by atoms with van der Waals surface area (Å²) in [4.78, 5) is 14.2. The van der Waals surface area contributed by atoms with E-state index in [0.717, 1.165) is 89.4 Å². The Morgan fingerprint density at radius 1 is 0.960 bits per heavy atom. The van der Waals surface area contributed by atoms with Gasteiger partial charge in [0.2, 0.25) is 0 Å². The van der Waals surface area contributed by atoms with Crippen LogP contribution in [0.1, 0.15) is 30.5 Å². The van der Waals surface area contributed by atoms with Gasteiger partial charge in [-0.25, -0.2) is 9.97 Å². The predicted molar refractivity (Wildman–Crippen MR) is 93.9 cm³/mol. The van der Waals surface area contributed by atoms with Crippen molar-refractivity contribution in [2.75, 3.05) is 64.1 Å². The van der Waals surface area contributed by atoms with Crippen LogP contribution in [0.3, 0.4) is 0 Å². The van der Waals surface area contributed by atoms with E-state index in [1.165, 1.54) is 0 Å². The Hall–Kier alpha value is -1.28. The number of nitrogens with zero attached hydrogens (tertiary/aromatic N) is 4. The van der Waals surface area contributed by atoms with Crippen LogP contribution in [0.5, 0.6) is 0 Å². The van der Waals surface area contributed by atoms with Gasteiger partial charge in [-0.15, -0.1) is 0 Å². The Bertz CT molecular complexity index is 573. The first-order valence-corrected chi connectivity index (χ1v) is 9.41. The van der Waals surface area contributed by atoms with Gasteiger partial charge in [0, 0.05) is 51.5 Å². The molecule has 0 radical (unpaired) electrons. The molecule has 0 aromatic carbocycles. The van der Waals surface area contributed by atoms with Gasteiger partial charge in [0.05, 0.1) is 25.5 Å². The highest BCUT2D eigenvalue weighted by Gasteiger charge is 2.30. The molecule has 7 heteroatoms. The molecule has 4 rings (SSSR count). The number of hydrogen-bond donors (Lipinski definition) is 0. The summed E-state index contributed by atoms with van der Waals surface area (Å²) in [6.45, 7) is 9.67. The molecule has 0 N–H and O–H groups in total. The van der Waals surface area contributed by atoms with Crippen molar-refractivity contribution in [1.82, 2.24) is 14.9 Å². The maximum atomic E-state index is 6.08. The Kier molecular flexibility index (Phi) is 5.45. The first-order valence-electron chi connectivity index (χ1n) is 9.41. The summed E-state index contributed by atoms with van der Waals surface area (Å²) in [5, 5.41) is 0. The number of ether oxygens (including phenoxy) is 3. The van der Waals surface area contributed by atoms with Crippen molar-refractivity contribution in [2.24, 2.45) is 0 Å². The average Bonchev–Trinajstić information content (AvgIpc) is 2.69. The van der Waals surface area contributed by atoms with Crippen LogP contribution in [-0.4, -0.2) is 80.1 Å². The van der Waals surface area contributed by atoms with Crippen LogP contribution in [0.4, 0.5) is 5.82 Å². The summed E-state index contributed by atoms with van der Waals surface area (Å²) in [5.41, 5.74) is 1.01. The van der Waals surface area contributed by atoms with Gasteiger partial charge in [-0.3, -0.25) is 4.90 Å². The molecule has 4 heterocycles. The monoisotopic (exact) mass is 348 g/mol. The third kappa shape index (κ3) is 4.11. The Labute approximate surface area is 149 Å². The molecule has 7 nitrogen and oxygen atoms in total. The van der Waals surface area contributed by atoms with E-state index in [-0.39, 0.29) is 6.10 Å². The highest BCUT2D eigenvalue weighted by atomic mass is 16.5. The van der Waals surface area contributed by atoms with E-state index in [1.54, 1.807) is 0 Å². The van der Waals surface area contributed by atoms with E-state index in [9.17, 15) is 0 Å². The maximum absolute atomic E-state index is 6.08. The molecule has 3 fully saturated rings. The minimum atomic E-state index is 0.0260. The lowest BCUT2D eigenvalue weighted by atomic mass is 10.0. The molecule has 1 unspecified atom stereocenters. The fourth-order valence-electron chi connectivity index (χ4n) is 3.92. The molecule has 0 spiro atoms. The largest absolute Gasteiger partial charge is 0.381 e. The zero-order valence-corrected chi connectivity index (χ0v) is 15.0. The van der Waals surface area contributed by atoms with Gasteiger partial charge < -0.3 is 19.1 Å². The van der Waals surface area contributed by atoms with Crippen LogP contribution in [0.15, 0.2) is 6.07 Å². The summed E-state index contributed by atoms with van der Waals surface area (Å²) in [6, 6.07) is 2.72. The van der Waals surface area contributed by atoms with E-state index in [2.05, 4.69) is 25.8 Å². The van der Waals surface area contributed by atoms with Crippen LogP contribution in [0, 0.1) is 6.92 Å². The zero-order valence-electron chi connectivity index (χ0n) is 15.0. The maximum Gasteiger partial charge on any atom is 0.132 e. The molecule has 3 saturated heterocycles. The van der Waals surface area contributed by atoms with Gasteiger partial charge >= 0.3 is 0 Å². The van der Waals surface area contributed by atoms with Gasteiger partial charge in [0.1, 0.15) is 17.7 Å². The number of rotatable bonds is 3. The van der Waals surface area contributed by atoms with Gasteiger partial charge in [0.25, 0.3) is 0 Å². The van der Waals surface area contributed by atoms with Crippen molar-refractivity contribution in [2.45, 2.75) is 31.9 Å². The quantitative estimate of drug-likeness (QED) is 0.813. The minimum Gasteiger partial charge on any atom is -0.381 e. The predicted octanol–water partition coefficient (Wildman–Crippen LogP) is 1.17. The number of hydrogen-bond acceptors (Lipinski definition) is 7. The van der Waals surface area contributed by atoms with Crippen LogP contribution in [-0.2, 0) is 14.2 Å². The van der Waals surface area contributed by atoms with Gasteiger partial charge in [0.15, 0.2) is 0 Å². The molecule has 0 saturated carbocycles. The molecule has 0 aliphatic carbocycles. The lowest BCUT2D eigenvalue weighted by Gasteiger charge is -2.39. The molecule has 25 heavy (non-hydrogen) atoms. The zero-order chi connectivity index (χ0) is 17.1. The number of anilines is 1. The number of aryl methyl sites for hydroxylation is 1. The summed E-state index contributed by atoms with van der Waals surface area (Å²) >= 11 is 0. The van der Waals surface area contributed by atoms with E-state index < -0.39 is 0 Å². The molecule has 1 aromatic heterocycles. The minimum absolute atomic E-state index is 0.0260. The lowest BCUT2D eigenvalue weighted by molar-refractivity contribution is -0.0647. The summed E-state index contributed by atoms with van der Waals surface area (Å²) in [6.07, 6.45) is 2.27. The van der Waals surface area contributed by atoms with Crippen molar-refractivity contribution in [3.63, 3.8) is 0 Å². The molecule has 3 aliphatic heterocycles. The standard InChI is InChI=1S/C18H28N4O3/c1-14-19-16(12-18(20-14)21-4-9-24-10-5-21)17-13-22(6-11-25-17)15-2-7-23-8-3-15/h12,15,17H,2-11,13H2,1H3. The first kappa shape index (κ1) is 17.1. The fraction of sp³-hybridized carbons (Fsp3) is 0.778. The van der Waals surface area contributed by atoms with Crippen molar-refractivity contribution >= 4 is 5.82 Å². The third-order valence-electron chi connectivity index (χ3n) is 5.31. The molecular formula is C18H28N4O3. The first-order chi connectivity index (χ1) is 12.3. The van der Waals surface area contributed by atoms with Crippen LogP contribution < -0.4 is 4.90 Å². The summed E-state index contributed by atoms with van der Waals surface area (Å²) in [7, 11) is 0. The SMILES string of the molecule is Cc1nc(C2CN(C3CCOCC3)CCO2)cc(N2CCOCC2)n1. The molecule has 0 amide bonds. The van der Waals surface area contributed by atoms with Gasteiger partial charge in [-0.2, -0.15) is 0 Å². The Morgan fingerprint density at radius 2 is 1.72 bits per heavy atom. The smallest absolute Gasteiger partial charge is 0.132 e. The van der Waals surface area contributed by atoms with Crippen molar-refractivity contribution in [3.8, 4) is 0 Å².